The number of hydrazine groups is 2. The van der Waals surface area contributed by atoms with Crippen LogP contribution in [0.15, 0.2) is 95.2 Å². The molecule has 0 bridgehead atoms. The number of nitrogens with one attached hydrogen (secondary N) is 2. The smallest absolute Gasteiger partial charge is 0.177 e. The molecule has 34 heavy (non-hydrogen) atoms. The predicted molar refractivity (Wildman–Crippen MR) is 131 cm³/mol. The quantitative estimate of drug-likeness (QED) is 0.367. The van der Waals surface area contributed by atoms with E-state index in [1.54, 1.807) is 37.2 Å². The van der Waals surface area contributed by atoms with Crippen LogP contribution in [0.1, 0.15) is 16.7 Å². The molecule has 0 radical (unpaired) electrons. The molecule has 0 amide bonds. The topological polar surface area (TPSA) is 66.7 Å². The van der Waals surface area contributed by atoms with E-state index in [0.717, 1.165) is 39.2 Å². The molecule has 4 aromatic rings. The fourth-order valence-corrected chi connectivity index (χ4v) is 4.68. The van der Waals surface area contributed by atoms with Crippen LogP contribution >= 0.6 is 11.8 Å². The summed E-state index contributed by atoms with van der Waals surface area (Å²) in [5, 5.41) is 12.0. The lowest BCUT2D eigenvalue weighted by Gasteiger charge is -2.19. The Bertz CT molecular complexity index is 1280. The van der Waals surface area contributed by atoms with Crippen molar-refractivity contribution in [2.75, 3.05) is 7.11 Å². The summed E-state index contributed by atoms with van der Waals surface area (Å²) in [5.41, 5.74) is 9.90. The number of ether oxygens (including phenoxy) is 1. The molecule has 0 fully saturated rings. The number of thioether (sulfide) groups is 1. The van der Waals surface area contributed by atoms with E-state index in [-0.39, 0.29) is 5.82 Å². The standard InChI is InChI=1S/C25H23FN6OS/c1-33-22-13-7-18(8-14-22)16-31-24(28-29-30-31)23-15-27-32(21-11-9-20(26)10-12-21)25(23)34-17-19-5-3-2-4-6-19/h2-15,29-30H,16-17H2,1H3. The van der Waals surface area contributed by atoms with Crippen LogP contribution in [0.25, 0.3) is 5.69 Å². The lowest BCUT2D eigenvalue weighted by molar-refractivity contribution is 0.287. The van der Waals surface area contributed by atoms with Gasteiger partial charge in [-0.25, -0.2) is 14.6 Å². The van der Waals surface area contributed by atoms with E-state index in [2.05, 4.69) is 33.4 Å². The number of rotatable bonds is 8. The first-order valence-electron chi connectivity index (χ1n) is 10.7. The third-order valence-corrected chi connectivity index (χ3v) is 6.50. The minimum absolute atomic E-state index is 0.283. The minimum Gasteiger partial charge on any atom is -0.497 e. The van der Waals surface area contributed by atoms with Crippen LogP contribution in [0, 0.1) is 5.82 Å². The first-order valence-corrected chi connectivity index (χ1v) is 11.7. The second-order valence-corrected chi connectivity index (χ2v) is 8.58. The SMILES string of the molecule is COc1ccc(CN2NNN=C2c2cnn(-c3ccc(F)cc3)c2SCc2ccccc2)cc1. The molecule has 0 atom stereocenters. The van der Waals surface area contributed by atoms with Crippen LogP contribution in [0.5, 0.6) is 5.75 Å². The average molecular weight is 475 g/mol. The number of aromatic nitrogens is 2. The van der Waals surface area contributed by atoms with Crippen molar-refractivity contribution in [3.8, 4) is 11.4 Å². The first-order chi connectivity index (χ1) is 16.7. The molecule has 1 aliphatic rings. The van der Waals surface area contributed by atoms with Crippen molar-refractivity contribution in [3.05, 3.63) is 108 Å². The lowest BCUT2D eigenvalue weighted by atomic mass is 10.2. The van der Waals surface area contributed by atoms with Gasteiger partial charge in [0.05, 0.1) is 31.1 Å². The van der Waals surface area contributed by atoms with Crippen molar-refractivity contribution < 1.29 is 9.13 Å². The van der Waals surface area contributed by atoms with Crippen molar-refractivity contribution in [1.29, 1.82) is 0 Å². The highest BCUT2D eigenvalue weighted by molar-refractivity contribution is 7.98. The van der Waals surface area contributed by atoms with E-state index in [4.69, 9.17) is 4.74 Å². The summed E-state index contributed by atoms with van der Waals surface area (Å²) in [6.45, 7) is 0.584. The summed E-state index contributed by atoms with van der Waals surface area (Å²) in [7, 11) is 1.65. The second-order valence-electron chi connectivity index (χ2n) is 7.62. The Balaban J connectivity index is 1.46. The summed E-state index contributed by atoms with van der Waals surface area (Å²) in [5.74, 6) is 2.01. The largest absolute Gasteiger partial charge is 0.497 e. The lowest BCUT2D eigenvalue weighted by Crippen LogP contribution is -2.40. The molecule has 172 valence electrons. The van der Waals surface area contributed by atoms with Gasteiger partial charge in [-0.3, -0.25) is 5.01 Å². The third-order valence-electron chi connectivity index (χ3n) is 5.36. The number of hydrazone groups is 1. The number of benzene rings is 3. The molecule has 9 heteroatoms. The van der Waals surface area contributed by atoms with Gasteiger partial charge in [-0.2, -0.15) is 5.10 Å². The van der Waals surface area contributed by atoms with Crippen LogP contribution in [-0.2, 0) is 12.3 Å². The Morgan fingerprint density at radius 2 is 1.71 bits per heavy atom. The van der Waals surface area contributed by atoms with Crippen LogP contribution in [0.3, 0.4) is 0 Å². The zero-order valence-corrected chi connectivity index (χ0v) is 19.3. The van der Waals surface area contributed by atoms with Gasteiger partial charge in [0.1, 0.15) is 16.6 Å². The molecule has 1 aromatic heterocycles. The van der Waals surface area contributed by atoms with Crippen LogP contribution < -0.4 is 15.8 Å². The molecular weight excluding hydrogens is 451 g/mol. The maximum absolute atomic E-state index is 13.5. The van der Waals surface area contributed by atoms with E-state index < -0.39 is 0 Å². The molecule has 1 aliphatic heterocycles. The van der Waals surface area contributed by atoms with Crippen molar-refractivity contribution in [2.45, 2.75) is 17.3 Å². The van der Waals surface area contributed by atoms with E-state index in [1.807, 2.05) is 52.2 Å². The van der Waals surface area contributed by atoms with Gasteiger partial charge in [-0.1, -0.05) is 42.5 Å². The Labute approximate surface area is 201 Å². The third kappa shape index (κ3) is 4.75. The number of nitrogens with zero attached hydrogens (tertiary/aromatic N) is 4. The Morgan fingerprint density at radius 3 is 2.44 bits per heavy atom. The van der Waals surface area contributed by atoms with Crippen molar-refractivity contribution in [2.24, 2.45) is 5.10 Å². The fraction of sp³-hybridized carbons (Fsp3) is 0.120. The number of hydrogen-bond acceptors (Lipinski definition) is 7. The number of amidine groups is 1. The van der Waals surface area contributed by atoms with Gasteiger partial charge in [0.15, 0.2) is 5.84 Å². The highest BCUT2D eigenvalue weighted by Crippen LogP contribution is 2.30. The minimum atomic E-state index is -0.283. The highest BCUT2D eigenvalue weighted by atomic mass is 32.2. The fourth-order valence-electron chi connectivity index (χ4n) is 3.61. The number of halogens is 1. The zero-order valence-electron chi connectivity index (χ0n) is 18.5. The molecule has 3 aromatic carbocycles. The van der Waals surface area contributed by atoms with E-state index in [1.165, 1.54) is 17.7 Å². The Kier molecular flexibility index (Phi) is 6.46. The molecular formula is C25H23FN6OS. The second kappa shape index (κ2) is 9.98. The molecule has 2 heterocycles. The Morgan fingerprint density at radius 1 is 0.941 bits per heavy atom. The summed E-state index contributed by atoms with van der Waals surface area (Å²) in [6, 6.07) is 24.5. The van der Waals surface area contributed by atoms with Crippen molar-refractivity contribution >= 4 is 17.6 Å². The molecule has 0 saturated heterocycles. The molecule has 7 nitrogen and oxygen atoms in total. The zero-order chi connectivity index (χ0) is 23.3. The van der Waals surface area contributed by atoms with Gasteiger partial charge in [0.25, 0.3) is 0 Å². The predicted octanol–water partition coefficient (Wildman–Crippen LogP) is 4.50. The number of hydrogen-bond donors (Lipinski definition) is 2. The Hall–Kier alpha value is -3.82. The highest BCUT2D eigenvalue weighted by Gasteiger charge is 2.25. The molecule has 5 rings (SSSR count). The summed E-state index contributed by atoms with van der Waals surface area (Å²) in [4.78, 5) is 0. The van der Waals surface area contributed by atoms with Gasteiger partial charge < -0.3 is 4.74 Å². The maximum atomic E-state index is 13.5. The maximum Gasteiger partial charge on any atom is 0.177 e. The van der Waals surface area contributed by atoms with Crippen molar-refractivity contribution in [1.82, 2.24) is 25.9 Å². The van der Waals surface area contributed by atoms with Gasteiger partial charge >= 0.3 is 0 Å². The van der Waals surface area contributed by atoms with Crippen LogP contribution in [0.2, 0.25) is 0 Å². The van der Waals surface area contributed by atoms with Crippen molar-refractivity contribution in [3.63, 3.8) is 0 Å². The van der Waals surface area contributed by atoms with Gasteiger partial charge in [0.2, 0.25) is 0 Å². The molecule has 0 aliphatic carbocycles. The molecule has 0 spiro atoms. The van der Waals surface area contributed by atoms with Crippen LogP contribution in [0.4, 0.5) is 4.39 Å². The van der Waals surface area contributed by atoms with Gasteiger partial charge in [-0.15, -0.1) is 22.4 Å². The number of methoxy groups -OCH3 is 1. The van der Waals surface area contributed by atoms with Gasteiger partial charge in [-0.05, 0) is 47.5 Å². The first kappa shape index (κ1) is 22.0. The van der Waals surface area contributed by atoms with E-state index in [9.17, 15) is 4.39 Å². The van der Waals surface area contributed by atoms with Crippen LogP contribution in [-0.4, -0.2) is 27.7 Å². The monoisotopic (exact) mass is 474 g/mol. The molecule has 2 N–H and O–H groups in total. The summed E-state index contributed by atoms with van der Waals surface area (Å²) in [6.07, 6.45) is 1.80. The van der Waals surface area contributed by atoms with E-state index in [0.29, 0.717) is 6.54 Å². The summed E-state index contributed by atoms with van der Waals surface area (Å²) >= 11 is 1.66. The molecule has 0 saturated carbocycles. The van der Waals surface area contributed by atoms with E-state index >= 15 is 0 Å². The molecule has 0 unspecified atom stereocenters. The average Bonchev–Trinajstić information content (AvgIpc) is 3.51. The van der Waals surface area contributed by atoms with Gasteiger partial charge in [0, 0.05) is 5.75 Å². The normalized spacial score (nSPS) is 13.0. The summed E-state index contributed by atoms with van der Waals surface area (Å²) < 4.78 is 20.6.